The molecule has 1 N–H and O–H groups in total. The lowest BCUT2D eigenvalue weighted by atomic mass is 10.0. The maximum atomic E-state index is 14.5. The summed E-state index contributed by atoms with van der Waals surface area (Å²) in [5, 5.41) is 3.56. The van der Waals surface area contributed by atoms with E-state index in [0.717, 1.165) is 52.5 Å². The standard InChI is InChI=1S/C35H36Cl2FN3O4S/c1-3-4-20-39-35(43)33(22-26-8-6-5-7-9-26)40(23-27-12-19-31(36)32(37)21-27)34(42)24-41(29-15-10-25(2)11-16-29)46(44,45)30-17-13-28(38)14-18-30/h5-19,21,33H,3-4,20,22-24H2,1-2H3,(H,39,43)/t33-/m0/s1. The molecular formula is C35H36Cl2FN3O4S. The summed E-state index contributed by atoms with van der Waals surface area (Å²) in [7, 11) is -4.34. The highest BCUT2D eigenvalue weighted by atomic mass is 35.5. The van der Waals surface area contributed by atoms with Gasteiger partial charge >= 0.3 is 0 Å². The van der Waals surface area contributed by atoms with Crippen LogP contribution in [0.3, 0.4) is 0 Å². The summed E-state index contributed by atoms with van der Waals surface area (Å²) in [5.74, 6) is -1.58. The Kier molecular flexibility index (Phi) is 12.2. The molecule has 4 rings (SSSR count). The molecule has 2 amide bonds. The monoisotopic (exact) mass is 683 g/mol. The van der Waals surface area contributed by atoms with Crippen LogP contribution in [0.4, 0.5) is 10.1 Å². The Labute approximate surface area is 280 Å². The number of hydrogen-bond acceptors (Lipinski definition) is 4. The number of hydrogen-bond donors (Lipinski definition) is 1. The van der Waals surface area contributed by atoms with E-state index in [-0.39, 0.29) is 34.5 Å². The van der Waals surface area contributed by atoms with Gasteiger partial charge in [-0.05, 0) is 73.0 Å². The Morgan fingerprint density at radius 3 is 2.17 bits per heavy atom. The Hall–Kier alpha value is -3.92. The van der Waals surface area contributed by atoms with Crippen LogP contribution in [-0.2, 0) is 32.6 Å². The van der Waals surface area contributed by atoms with Crippen molar-refractivity contribution in [2.45, 2.75) is 50.6 Å². The fourth-order valence-corrected chi connectivity index (χ4v) is 6.60. The topological polar surface area (TPSA) is 86.8 Å². The first kappa shape index (κ1) is 34.9. The van der Waals surface area contributed by atoms with Crippen molar-refractivity contribution >= 4 is 50.7 Å². The van der Waals surface area contributed by atoms with Gasteiger partial charge in [0.15, 0.2) is 0 Å². The second kappa shape index (κ2) is 16.1. The lowest BCUT2D eigenvalue weighted by Crippen LogP contribution is -2.53. The van der Waals surface area contributed by atoms with Crippen LogP contribution in [0.5, 0.6) is 0 Å². The van der Waals surface area contributed by atoms with Gasteiger partial charge in [0.2, 0.25) is 11.8 Å². The van der Waals surface area contributed by atoms with Gasteiger partial charge < -0.3 is 10.2 Å². The van der Waals surface area contributed by atoms with Crippen molar-refractivity contribution in [2.24, 2.45) is 0 Å². The number of carbonyl (C=O) groups excluding carboxylic acids is 2. The molecule has 11 heteroatoms. The number of amides is 2. The van der Waals surface area contributed by atoms with E-state index < -0.39 is 34.3 Å². The molecule has 242 valence electrons. The number of sulfonamides is 1. The summed E-state index contributed by atoms with van der Waals surface area (Å²) in [5.41, 5.74) is 2.55. The molecule has 7 nitrogen and oxygen atoms in total. The lowest BCUT2D eigenvalue weighted by Gasteiger charge is -2.34. The van der Waals surface area contributed by atoms with E-state index in [2.05, 4.69) is 5.32 Å². The van der Waals surface area contributed by atoms with E-state index in [1.807, 2.05) is 44.2 Å². The molecule has 0 unspecified atom stereocenters. The minimum absolute atomic E-state index is 0.0489. The molecule has 0 bridgehead atoms. The summed E-state index contributed by atoms with van der Waals surface area (Å²) in [6.45, 7) is 3.61. The van der Waals surface area contributed by atoms with Crippen LogP contribution in [0.1, 0.15) is 36.5 Å². The van der Waals surface area contributed by atoms with Gasteiger partial charge in [0.1, 0.15) is 18.4 Å². The highest BCUT2D eigenvalue weighted by Crippen LogP contribution is 2.27. The zero-order valence-electron chi connectivity index (χ0n) is 25.6. The Morgan fingerprint density at radius 2 is 1.54 bits per heavy atom. The minimum Gasteiger partial charge on any atom is -0.354 e. The SMILES string of the molecule is CCCCNC(=O)[C@H](Cc1ccccc1)N(Cc1ccc(Cl)c(Cl)c1)C(=O)CN(c1ccc(C)cc1)S(=O)(=O)c1ccc(F)cc1. The highest BCUT2D eigenvalue weighted by molar-refractivity contribution is 7.92. The second-order valence-corrected chi connectivity index (χ2v) is 13.6. The zero-order chi connectivity index (χ0) is 33.3. The van der Waals surface area contributed by atoms with E-state index in [1.165, 1.54) is 4.90 Å². The number of nitrogens with one attached hydrogen (secondary N) is 1. The van der Waals surface area contributed by atoms with Crippen LogP contribution in [0, 0.1) is 12.7 Å². The molecule has 0 spiro atoms. The molecule has 0 radical (unpaired) electrons. The number of anilines is 1. The molecule has 0 aliphatic carbocycles. The number of halogens is 3. The number of carbonyl (C=O) groups is 2. The molecule has 0 aliphatic rings. The van der Waals surface area contributed by atoms with Gasteiger partial charge in [-0.2, -0.15) is 0 Å². The van der Waals surface area contributed by atoms with Crippen molar-refractivity contribution in [3.8, 4) is 0 Å². The Morgan fingerprint density at radius 1 is 0.870 bits per heavy atom. The van der Waals surface area contributed by atoms with E-state index in [1.54, 1.807) is 42.5 Å². The summed E-state index contributed by atoms with van der Waals surface area (Å²) >= 11 is 12.5. The molecule has 46 heavy (non-hydrogen) atoms. The Balaban J connectivity index is 1.80. The molecule has 0 heterocycles. The van der Waals surface area contributed by atoms with Gasteiger partial charge in [-0.1, -0.05) is 90.6 Å². The van der Waals surface area contributed by atoms with Crippen LogP contribution in [0.15, 0.2) is 102 Å². The smallest absolute Gasteiger partial charge is 0.264 e. The van der Waals surface area contributed by atoms with Crippen molar-refractivity contribution in [3.05, 3.63) is 130 Å². The molecule has 0 saturated carbocycles. The normalized spacial score (nSPS) is 11.9. The van der Waals surface area contributed by atoms with Gasteiger partial charge in [-0.25, -0.2) is 12.8 Å². The quantitative estimate of drug-likeness (QED) is 0.143. The molecule has 0 saturated heterocycles. The Bertz CT molecular complexity index is 1740. The average Bonchev–Trinajstić information content (AvgIpc) is 3.04. The highest BCUT2D eigenvalue weighted by Gasteiger charge is 2.34. The number of benzene rings is 4. The first-order valence-corrected chi connectivity index (χ1v) is 17.1. The molecule has 0 fully saturated rings. The maximum Gasteiger partial charge on any atom is 0.264 e. The van der Waals surface area contributed by atoms with Crippen LogP contribution in [0.25, 0.3) is 0 Å². The van der Waals surface area contributed by atoms with Gasteiger partial charge in [-0.15, -0.1) is 0 Å². The molecule has 0 aromatic heterocycles. The number of aryl methyl sites for hydroxylation is 1. The maximum absolute atomic E-state index is 14.5. The van der Waals surface area contributed by atoms with Crippen LogP contribution >= 0.6 is 23.2 Å². The zero-order valence-corrected chi connectivity index (χ0v) is 28.0. The number of unbranched alkanes of at least 4 members (excludes halogenated alkanes) is 1. The first-order valence-electron chi connectivity index (χ1n) is 14.9. The fourth-order valence-electron chi connectivity index (χ4n) is 4.87. The van der Waals surface area contributed by atoms with Crippen LogP contribution in [0.2, 0.25) is 10.0 Å². The summed E-state index contributed by atoms with van der Waals surface area (Å²) in [6.07, 6.45) is 1.80. The predicted octanol–water partition coefficient (Wildman–Crippen LogP) is 7.19. The van der Waals surface area contributed by atoms with Crippen molar-refractivity contribution in [2.75, 3.05) is 17.4 Å². The molecular weight excluding hydrogens is 648 g/mol. The van der Waals surface area contributed by atoms with Gasteiger partial charge in [-0.3, -0.25) is 13.9 Å². The van der Waals surface area contributed by atoms with Crippen molar-refractivity contribution in [3.63, 3.8) is 0 Å². The fraction of sp³-hybridized carbons (Fsp3) is 0.257. The number of nitrogens with zero attached hydrogens (tertiary/aromatic N) is 2. The second-order valence-electron chi connectivity index (χ2n) is 10.9. The molecule has 1 atom stereocenters. The van der Waals surface area contributed by atoms with Crippen LogP contribution in [-0.4, -0.2) is 44.3 Å². The van der Waals surface area contributed by atoms with E-state index in [0.29, 0.717) is 17.1 Å². The van der Waals surface area contributed by atoms with Crippen molar-refractivity contribution < 1.29 is 22.4 Å². The third-order valence-electron chi connectivity index (χ3n) is 7.44. The van der Waals surface area contributed by atoms with Gasteiger partial charge in [0.25, 0.3) is 10.0 Å². The summed E-state index contributed by atoms with van der Waals surface area (Å²) < 4.78 is 42.8. The summed E-state index contributed by atoms with van der Waals surface area (Å²) in [6, 6.07) is 24.3. The van der Waals surface area contributed by atoms with Gasteiger partial charge in [0.05, 0.1) is 20.6 Å². The molecule has 4 aromatic carbocycles. The molecule has 0 aliphatic heterocycles. The first-order chi connectivity index (χ1) is 22.0. The predicted molar refractivity (Wildman–Crippen MR) is 181 cm³/mol. The third-order valence-corrected chi connectivity index (χ3v) is 9.97. The molecule has 4 aromatic rings. The van der Waals surface area contributed by atoms with Gasteiger partial charge in [0, 0.05) is 19.5 Å². The third kappa shape index (κ3) is 9.09. The van der Waals surface area contributed by atoms with Crippen LogP contribution < -0.4 is 9.62 Å². The van der Waals surface area contributed by atoms with Crippen molar-refractivity contribution in [1.82, 2.24) is 10.2 Å². The van der Waals surface area contributed by atoms with E-state index in [4.69, 9.17) is 23.2 Å². The van der Waals surface area contributed by atoms with E-state index >= 15 is 0 Å². The van der Waals surface area contributed by atoms with E-state index in [9.17, 15) is 22.4 Å². The minimum atomic E-state index is -4.34. The van der Waals surface area contributed by atoms with Crippen molar-refractivity contribution in [1.29, 1.82) is 0 Å². The lowest BCUT2D eigenvalue weighted by molar-refractivity contribution is -0.140. The average molecular weight is 685 g/mol. The number of rotatable bonds is 14. The largest absolute Gasteiger partial charge is 0.354 e. The summed E-state index contributed by atoms with van der Waals surface area (Å²) in [4.78, 5) is 29.5.